The van der Waals surface area contributed by atoms with Gasteiger partial charge in [-0.05, 0) is 37.8 Å². The number of rotatable bonds is 5. The molecule has 1 heterocycles. The van der Waals surface area contributed by atoms with Crippen LogP contribution in [0.4, 0.5) is 0 Å². The summed E-state index contributed by atoms with van der Waals surface area (Å²) in [7, 11) is 0. The highest BCUT2D eigenvalue weighted by Gasteiger charge is 2.16. The SMILES string of the molecule is OC1CCN(CCCC(O)c2ccccc2)CC1. The van der Waals surface area contributed by atoms with Gasteiger partial charge in [-0.3, -0.25) is 0 Å². The first-order valence-corrected chi connectivity index (χ1v) is 6.89. The highest BCUT2D eigenvalue weighted by molar-refractivity contribution is 5.16. The van der Waals surface area contributed by atoms with Crippen LogP contribution >= 0.6 is 0 Å². The number of piperidine rings is 1. The summed E-state index contributed by atoms with van der Waals surface area (Å²) in [6.45, 7) is 3.00. The van der Waals surface area contributed by atoms with Crippen LogP contribution in [0, 0.1) is 0 Å². The number of aliphatic hydroxyl groups excluding tert-OH is 2. The van der Waals surface area contributed by atoms with Gasteiger partial charge in [0.2, 0.25) is 0 Å². The van der Waals surface area contributed by atoms with Crippen LogP contribution in [0.1, 0.15) is 37.4 Å². The molecule has 0 aliphatic carbocycles. The third-order valence-corrected chi connectivity index (χ3v) is 3.69. The number of benzene rings is 1. The van der Waals surface area contributed by atoms with E-state index >= 15 is 0 Å². The molecule has 1 fully saturated rings. The van der Waals surface area contributed by atoms with E-state index in [0.29, 0.717) is 0 Å². The lowest BCUT2D eigenvalue weighted by Gasteiger charge is -2.29. The van der Waals surface area contributed by atoms with Crippen LogP contribution in [0.3, 0.4) is 0 Å². The zero-order valence-electron chi connectivity index (χ0n) is 10.8. The van der Waals surface area contributed by atoms with E-state index in [4.69, 9.17) is 0 Å². The van der Waals surface area contributed by atoms with Gasteiger partial charge in [-0.15, -0.1) is 0 Å². The molecule has 3 heteroatoms. The van der Waals surface area contributed by atoms with E-state index in [2.05, 4.69) is 4.90 Å². The standard InChI is InChI=1S/C15H23NO2/c17-14-8-11-16(12-9-14)10-4-7-15(18)13-5-2-1-3-6-13/h1-3,5-6,14-15,17-18H,4,7-12H2. The van der Waals surface area contributed by atoms with E-state index in [1.165, 1.54) is 0 Å². The van der Waals surface area contributed by atoms with Gasteiger partial charge in [0, 0.05) is 13.1 Å². The lowest BCUT2D eigenvalue weighted by Crippen LogP contribution is -2.36. The fourth-order valence-electron chi connectivity index (χ4n) is 2.49. The Morgan fingerprint density at radius 2 is 1.83 bits per heavy atom. The lowest BCUT2D eigenvalue weighted by molar-refractivity contribution is 0.0783. The number of nitrogens with zero attached hydrogens (tertiary/aromatic N) is 1. The first kappa shape index (κ1) is 13.5. The largest absolute Gasteiger partial charge is 0.393 e. The van der Waals surface area contributed by atoms with Crippen molar-refractivity contribution in [2.24, 2.45) is 0 Å². The average molecular weight is 249 g/mol. The lowest BCUT2D eigenvalue weighted by atomic mass is 10.0. The maximum atomic E-state index is 10.0. The number of likely N-dealkylation sites (tertiary alicyclic amines) is 1. The minimum absolute atomic E-state index is 0.101. The molecule has 1 aliphatic rings. The zero-order chi connectivity index (χ0) is 12.8. The van der Waals surface area contributed by atoms with Gasteiger partial charge in [0.05, 0.1) is 12.2 Å². The molecule has 1 atom stereocenters. The van der Waals surface area contributed by atoms with E-state index in [1.54, 1.807) is 0 Å². The van der Waals surface area contributed by atoms with E-state index in [0.717, 1.165) is 50.9 Å². The predicted octanol–water partition coefficient (Wildman–Crippen LogP) is 1.96. The average Bonchev–Trinajstić information content (AvgIpc) is 2.42. The Bertz CT molecular complexity index is 334. The van der Waals surface area contributed by atoms with Crippen molar-refractivity contribution in [3.63, 3.8) is 0 Å². The van der Waals surface area contributed by atoms with Crippen LogP contribution in [-0.4, -0.2) is 40.9 Å². The first-order valence-electron chi connectivity index (χ1n) is 6.89. The molecular weight excluding hydrogens is 226 g/mol. The molecule has 0 radical (unpaired) electrons. The molecule has 100 valence electrons. The van der Waals surface area contributed by atoms with Crippen molar-refractivity contribution in [3.8, 4) is 0 Å². The highest BCUT2D eigenvalue weighted by atomic mass is 16.3. The normalized spacial score (nSPS) is 19.9. The summed E-state index contributed by atoms with van der Waals surface area (Å²) in [5, 5.41) is 19.5. The summed E-state index contributed by atoms with van der Waals surface area (Å²) in [6.07, 6.45) is 3.15. The molecule has 3 nitrogen and oxygen atoms in total. The van der Waals surface area contributed by atoms with Crippen LogP contribution < -0.4 is 0 Å². The molecule has 1 aromatic rings. The Kier molecular flexibility index (Phi) is 5.17. The maximum Gasteiger partial charge on any atom is 0.0790 e. The molecule has 1 aliphatic heterocycles. The molecule has 2 rings (SSSR count). The highest BCUT2D eigenvalue weighted by Crippen LogP contribution is 2.18. The van der Waals surface area contributed by atoms with E-state index in [1.807, 2.05) is 30.3 Å². The number of aliphatic hydroxyl groups is 2. The van der Waals surface area contributed by atoms with E-state index < -0.39 is 0 Å². The van der Waals surface area contributed by atoms with E-state index in [9.17, 15) is 10.2 Å². The fourth-order valence-corrected chi connectivity index (χ4v) is 2.49. The molecule has 18 heavy (non-hydrogen) atoms. The molecule has 0 saturated carbocycles. The third kappa shape index (κ3) is 4.09. The summed E-state index contributed by atoms with van der Waals surface area (Å²) >= 11 is 0. The van der Waals surface area contributed by atoms with Crippen LogP contribution in [-0.2, 0) is 0 Å². The van der Waals surface area contributed by atoms with Crippen molar-refractivity contribution in [1.29, 1.82) is 0 Å². The predicted molar refractivity (Wildman–Crippen MR) is 72.3 cm³/mol. The molecule has 0 aromatic heterocycles. The second-order valence-electron chi connectivity index (χ2n) is 5.14. The van der Waals surface area contributed by atoms with Gasteiger partial charge < -0.3 is 15.1 Å². The Labute approximate surface area is 109 Å². The number of hydrogen-bond donors (Lipinski definition) is 2. The van der Waals surface area contributed by atoms with Crippen LogP contribution in [0.25, 0.3) is 0 Å². The summed E-state index contributed by atoms with van der Waals surface area (Å²) in [6, 6.07) is 9.84. The minimum atomic E-state index is -0.346. The van der Waals surface area contributed by atoms with Crippen LogP contribution in [0.5, 0.6) is 0 Å². The molecule has 0 amide bonds. The minimum Gasteiger partial charge on any atom is -0.393 e. The van der Waals surface area contributed by atoms with Crippen molar-refractivity contribution in [1.82, 2.24) is 4.90 Å². The number of hydrogen-bond acceptors (Lipinski definition) is 3. The van der Waals surface area contributed by atoms with Crippen molar-refractivity contribution in [3.05, 3.63) is 35.9 Å². The summed E-state index contributed by atoms with van der Waals surface area (Å²) < 4.78 is 0. The third-order valence-electron chi connectivity index (χ3n) is 3.69. The monoisotopic (exact) mass is 249 g/mol. The molecular formula is C15H23NO2. The van der Waals surface area contributed by atoms with Gasteiger partial charge >= 0.3 is 0 Å². The molecule has 0 bridgehead atoms. The van der Waals surface area contributed by atoms with Gasteiger partial charge in [-0.1, -0.05) is 30.3 Å². The topological polar surface area (TPSA) is 43.7 Å². The van der Waals surface area contributed by atoms with E-state index in [-0.39, 0.29) is 12.2 Å². The van der Waals surface area contributed by atoms with Crippen molar-refractivity contribution in [2.75, 3.05) is 19.6 Å². The van der Waals surface area contributed by atoms with Gasteiger partial charge in [0.1, 0.15) is 0 Å². The summed E-state index contributed by atoms with van der Waals surface area (Å²) in [4.78, 5) is 2.38. The first-order chi connectivity index (χ1) is 8.75. The van der Waals surface area contributed by atoms with Gasteiger partial charge in [-0.2, -0.15) is 0 Å². The summed E-state index contributed by atoms with van der Waals surface area (Å²) in [5.41, 5.74) is 1.01. The smallest absolute Gasteiger partial charge is 0.0790 e. The second kappa shape index (κ2) is 6.88. The summed E-state index contributed by atoms with van der Waals surface area (Å²) in [5.74, 6) is 0. The quantitative estimate of drug-likeness (QED) is 0.838. The maximum absolute atomic E-state index is 10.0. The fraction of sp³-hybridized carbons (Fsp3) is 0.600. The Morgan fingerprint density at radius 1 is 1.17 bits per heavy atom. The molecule has 1 aromatic carbocycles. The molecule has 1 unspecified atom stereocenters. The van der Waals surface area contributed by atoms with Crippen LogP contribution in [0.2, 0.25) is 0 Å². The van der Waals surface area contributed by atoms with Crippen molar-refractivity contribution >= 4 is 0 Å². The van der Waals surface area contributed by atoms with Gasteiger partial charge in [0.25, 0.3) is 0 Å². The van der Waals surface area contributed by atoms with Crippen LogP contribution in [0.15, 0.2) is 30.3 Å². The molecule has 0 spiro atoms. The van der Waals surface area contributed by atoms with Crippen molar-refractivity contribution in [2.45, 2.75) is 37.9 Å². The van der Waals surface area contributed by atoms with Gasteiger partial charge in [-0.25, -0.2) is 0 Å². The van der Waals surface area contributed by atoms with Crippen molar-refractivity contribution < 1.29 is 10.2 Å². The Balaban J connectivity index is 1.66. The Morgan fingerprint density at radius 3 is 2.50 bits per heavy atom. The zero-order valence-corrected chi connectivity index (χ0v) is 10.8. The molecule has 2 N–H and O–H groups in total. The Hall–Kier alpha value is -0.900. The second-order valence-corrected chi connectivity index (χ2v) is 5.14. The van der Waals surface area contributed by atoms with Gasteiger partial charge in [0.15, 0.2) is 0 Å². The molecule has 1 saturated heterocycles.